The van der Waals surface area contributed by atoms with E-state index in [2.05, 4.69) is 0 Å². The zero-order chi connectivity index (χ0) is 15.7. The number of carbonyl (C=O) groups is 1. The number of para-hydroxylation sites is 1. The molecule has 0 bridgehead atoms. The van der Waals surface area contributed by atoms with E-state index in [4.69, 9.17) is 12.2 Å². The lowest BCUT2D eigenvalue weighted by atomic mass is 10.2. The molecule has 8 heteroatoms. The summed E-state index contributed by atoms with van der Waals surface area (Å²) in [4.78, 5) is 24.7. The predicted octanol–water partition coefficient (Wildman–Crippen LogP) is 4.06. The lowest BCUT2D eigenvalue weighted by Gasteiger charge is -2.13. The molecule has 0 unspecified atom stereocenters. The molecule has 2 heterocycles. The minimum absolute atomic E-state index is 0.0461. The first-order chi connectivity index (χ1) is 10.6. The van der Waals surface area contributed by atoms with E-state index in [9.17, 15) is 14.9 Å². The second kappa shape index (κ2) is 5.99. The largest absolute Gasteiger partial charge is 0.324 e. The van der Waals surface area contributed by atoms with Crippen LogP contribution < -0.4 is 4.90 Å². The number of nitro groups is 1. The number of thiophene rings is 1. The first kappa shape index (κ1) is 14.9. The Morgan fingerprint density at radius 3 is 2.64 bits per heavy atom. The van der Waals surface area contributed by atoms with Gasteiger partial charge < -0.3 is 0 Å². The average Bonchev–Trinajstić information content (AvgIpc) is 3.06. The summed E-state index contributed by atoms with van der Waals surface area (Å²) in [5.74, 6) is -0.213. The molecule has 1 aliphatic rings. The van der Waals surface area contributed by atoms with Crippen LogP contribution in [0.25, 0.3) is 6.08 Å². The van der Waals surface area contributed by atoms with Gasteiger partial charge in [0.15, 0.2) is 4.32 Å². The van der Waals surface area contributed by atoms with Crippen molar-refractivity contribution in [1.29, 1.82) is 0 Å². The molecule has 0 saturated carbocycles. The molecule has 1 saturated heterocycles. The summed E-state index contributed by atoms with van der Waals surface area (Å²) < 4.78 is 0.451. The van der Waals surface area contributed by atoms with E-state index in [0.29, 0.717) is 20.5 Å². The highest BCUT2D eigenvalue weighted by Gasteiger charge is 2.33. The number of amides is 1. The lowest BCUT2D eigenvalue weighted by molar-refractivity contribution is -0.380. The zero-order valence-corrected chi connectivity index (χ0v) is 13.4. The van der Waals surface area contributed by atoms with Crippen LogP contribution in [0.3, 0.4) is 0 Å². The molecular weight excluding hydrogens is 340 g/mol. The molecule has 1 aromatic carbocycles. The summed E-state index contributed by atoms with van der Waals surface area (Å²) in [6.07, 6.45) is 1.63. The van der Waals surface area contributed by atoms with E-state index in [1.54, 1.807) is 11.5 Å². The number of nitrogens with zero attached hydrogens (tertiary/aromatic N) is 2. The van der Waals surface area contributed by atoms with Crippen molar-refractivity contribution in [2.75, 3.05) is 4.90 Å². The number of thioether (sulfide) groups is 1. The summed E-state index contributed by atoms with van der Waals surface area (Å²) in [6.45, 7) is 0. The maximum Gasteiger partial charge on any atom is 0.324 e. The van der Waals surface area contributed by atoms with Crippen molar-refractivity contribution >= 4 is 62.3 Å². The van der Waals surface area contributed by atoms with Crippen LogP contribution in [0, 0.1) is 10.1 Å². The maximum atomic E-state index is 12.5. The van der Waals surface area contributed by atoms with Gasteiger partial charge in [-0.2, -0.15) is 0 Å². The third-order valence-corrected chi connectivity index (χ3v) is 5.09. The molecule has 0 spiro atoms. The van der Waals surface area contributed by atoms with Crippen LogP contribution in [0.15, 0.2) is 46.7 Å². The van der Waals surface area contributed by atoms with Crippen LogP contribution in [0.5, 0.6) is 0 Å². The van der Waals surface area contributed by atoms with Gasteiger partial charge in [-0.05, 0) is 23.8 Å². The Morgan fingerprint density at radius 2 is 2.00 bits per heavy atom. The van der Waals surface area contributed by atoms with Gasteiger partial charge in [-0.3, -0.25) is 19.8 Å². The minimum atomic E-state index is -0.447. The molecule has 1 aromatic heterocycles. The number of thiocarbonyl (C=S) groups is 1. The number of carbonyl (C=O) groups excluding carboxylic acids is 1. The van der Waals surface area contributed by atoms with Crippen LogP contribution in [-0.4, -0.2) is 15.2 Å². The Hall–Kier alpha value is -2.03. The van der Waals surface area contributed by atoms with Crippen molar-refractivity contribution in [3.8, 4) is 0 Å². The summed E-state index contributed by atoms with van der Waals surface area (Å²) in [7, 11) is 0. The maximum absolute atomic E-state index is 12.5. The summed E-state index contributed by atoms with van der Waals surface area (Å²) in [5.41, 5.74) is 1.34. The second-order valence-electron chi connectivity index (χ2n) is 4.33. The Bertz CT molecular complexity index is 799. The summed E-state index contributed by atoms with van der Waals surface area (Å²) in [5, 5.41) is 12.4. The molecule has 1 fully saturated rings. The average molecular weight is 348 g/mol. The zero-order valence-electron chi connectivity index (χ0n) is 11.0. The number of anilines is 1. The van der Waals surface area contributed by atoms with Gasteiger partial charge in [-0.1, -0.05) is 53.5 Å². The molecule has 110 valence electrons. The number of rotatable bonds is 3. The Labute approximate surface area is 139 Å². The molecule has 1 aliphatic heterocycles. The normalized spacial score (nSPS) is 16.5. The van der Waals surface area contributed by atoms with E-state index in [0.717, 1.165) is 11.3 Å². The Balaban J connectivity index is 1.90. The summed E-state index contributed by atoms with van der Waals surface area (Å²) >= 11 is 7.48. The highest BCUT2D eigenvalue weighted by molar-refractivity contribution is 8.27. The van der Waals surface area contributed by atoms with Gasteiger partial charge in [0.25, 0.3) is 5.91 Å². The second-order valence-corrected chi connectivity index (χ2v) is 6.89. The lowest BCUT2D eigenvalue weighted by Crippen LogP contribution is -2.27. The van der Waals surface area contributed by atoms with Gasteiger partial charge in [-0.25, -0.2) is 0 Å². The fourth-order valence-corrected chi connectivity index (χ4v) is 3.91. The third-order valence-electron chi connectivity index (χ3n) is 2.89. The molecular formula is C14H8N2O3S3. The van der Waals surface area contributed by atoms with Gasteiger partial charge in [0, 0.05) is 11.4 Å². The highest BCUT2D eigenvalue weighted by Crippen LogP contribution is 2.36. The number of hydrogen-bond acceptors (Lipinski definition) is 6. The van der Waals surface area contributed by atoms with Gasteiger partial charge in [-0.15, -0.1) is 0 Å². The van der Waals surface area contributed by atoms with E-state index >= 15 is 0 Å². The van der Waals surface area contributed by atoms with Gasteiger partial charge >= 0.3 is 5.00 Å². The standard InChI is InChI=1S/C14H8N2O3S3/c17-13-11(6-9-7-12(16(18)19)21-8-9)22-14(20)15(13)10-4-2-1-3-5-10/h1-8H/b11-6+. The van der Waals surface area contributed by atoms with Crippen LogP contribution in [0.1, 0.15) is 5.56 Å². The third kappa shape index (κ3) is 2.80. The monoisotopic (exact) mass is 348 g/mol. The van der Waals surface area contributed by atoms with E-state index in [-0.39, 0.29) is 10.9 Å². The van der Waals surface area contributed by atoms with Crippen molar-refractivity contribution in [3.63, 3.8) is 0 Å². The molecule has 1 amide bonds. The van der Waals surface area contributed by atoms with Gasteiger partial charge in [0.05, 0.1) is 15.5 Å². The molecule has 2 aromatic rings. The predicted molar refractivity (Wildman–Crippen MR) is 93.1 cm³/mol. The fraction of sp³-hybridized carbons (Fsp3) is 0. The van der Waals surface area contributed by atoms with Crippen molar-refractivity contribution in [1.82, 2.24) is 0 Å². The topological polar surface area (TPSA) is 63.4 Å². The van der Waals surface area contributed by atoms with E-state index in [1.807, 2.05) is 30.3 Å². The minimum Gasteiger partial charge on any atom is -0.268 e. The van der Waals surface area contributed by atoms with Crippen LogP contribution in [0.2, 0.25) is 0 Å². The molecule has 3 rings (SSSR count). The van der Waals surface area contributed by atoms with Crippen LogP contribution in [0.4, 0.5) is 10.7 Å². The summed E-state index contributed by atoms with van der Waals surface area (Å²) in [6, 6.07) is 10.6. The molecule has 22 heavy (non-hydrogen) atoms. The van der Waals surface area contributed by atoms with Crippen LogP contribution >= 0.6 is 35.3 Å². The molecule has 0 atom stereocenters. The molecule has 5 nitrogen and oxygen atoms in total. The van der Waals surface area contributed by atoms with E-state index in [1.165, 1.54) is 22.7 Å². The van der Waals surface area contributed by atoms with Crippen molar-refractivity contribution in [2.45, 2.75) is 0 Å². The van der Waals surface area contributed by atoms with Gasteiger partial charge in [0.2, 0.25) is 0 Å². The molecule has 0 aliphatic carbocycles. The fourth-order valence-electron chi connectivity index (χ4n) is 1.93. The van der Waals surface area contributed by atoms with Crippen molar-refractivity contribution in [3.05, 3.63) is 62.4 Å². The first-order valence-electron chi connectivity index (χ1n) is 6.12. The number of hydrogen-bond donors (Lipinski definition) is 0. The molecule has 0 N–H and O–H groups in total. The van der Waals surface area contributed by atoms with Crippen molar-refractivity contribution in [2.24, 2.45) is 0 Å². The highest BCUT2D eigenvalue weighted by atomic mass is 32.2. The Kier molecular flexibility index (Phi) is 4.06. The van der Waals surface area contributed by atoms with E-state index < -0.39 is 4.92 Å². The first-order valence-corrected chi connectivity index (χ1v) is 8.22. The SMILES string of the molecule is O=C1/C(=C\c2csc([N+](=O)[O-])c2)SC(=S)N1c1ccccc1. The Morgan fingerprint density at radius 1 is 1.27 bits per heavy atom. The number of benzene rings is 1. The quantitative estimate of drug-likeness (QED) is 0.362. The van der Waals surface area contributed by atoms with Gasteiger partial charge in [0.1, 0.15) is 0 Å². The smallest absolute Gasteiger partial charge is 0.268 e. The van der Waals surface area contributed by atoms with Crippen LogP contribution in [-0.2, 0) is 4.79 Å². The molecule has 0 radical (unpaired) electrons. The van der Waals surface area contributed by atoms with Crippen molar-refractivity contribution < 1.29 is 9.72 Å².